The summed E-state index contributed by atoms with van der Waals surface area (Å²) >= 11 is 2.03. The SMILES string of the molecule is C[C@@H]1CSc2ccccc2[C@@H]1NC1CCN(C2CC2)CC1. The highest BCUT2D eigenvalue weighted by Crippen LogP contribution is 2.40. The van der Waals surface area contributed by atoms with Crippen molar-refractivity contribution in [2.45, 2.75) is 55.6 Å². The first kappa shape index (κ1) is 14.1. The van der Waals surface area contributed by atoms with E-state index in [1.807, 2.05) is 11.8 Å². The smallest absolute Gasteiger partial charge is 0.0367 e. The van der Waals surface area contributed by atoms with Gasteiger partial charge in [0.1, 0.15) is 0 Å². The Morgan fingerprint density at radius 3 is 2.62 bits per heavy atom. The minimum Gasteiger partial charge on any atom is -0.307 e. The normalized spacial score (nSPS) is 31.1. The molecule has 0 spiro atoms. The van der Waals surface area contributed by atoms with Crippen molar-refractivity contribution in [1.82, 2.24) is 10.2 Å². The van der Waals surface area contributed by atoms with E-state index in [1.54, 1.807) is 0 Å². The lowest BCUT2D eigenvalue weighted by Crippen LogP contribution is -2.46. The second kappa shape index (κ2) is 5.94. The highest BCUT2D eigenvalue weighted by Gasteiger charge is 2.34. The molecule has 2 nitrogen and oxygen atoms in total. The molecule has 2 heterocycles. The standard InChI is InChI=1S/C18H26N2S/c1-13-12-21-17-5-3-2-4-16(17)18(13)19-14-8-10-20(11-9-14)15-6-7-15/h2-5,13-15,18-19H,6-12H2,1H3/t13-,18-/m1/s1. The maximum atomic E-state index is 4.00. The maximum Gasteiger partial charge on any atom is 0.0367 e. The highest BCUT2D eigenvalue weighted by atomic mass is 32.2. The fraction of sp³-hybridized carbons (Fsp3) is 0.667. The third kappa shape index (κ3) is 3.01. The Labute approximate surface area is 132 Å². The van der Waals surface area contributed by atoms with Crippen molar-refractivity contribution in [2.24, 2.45) is 5.92 Å². The van der Waals surface area contributed by atoms with E-state index in [-0.39, 0.29) is 0 Å². The second-order valence-electron chi connectivity index (χ2n) is 7.01. The van der Waals surface area contributed by atoms with Gasteiger partial charge in [0.2, 0.25) is 0 Å². The number of nitrogens with zero attached hydrogens (tertiary/aromatic N) is 1. The molecule has 1 saturated carbocycles. The van der Waals surface area contributed by atoms with Gasteiger partial charge in [-0.2, -0.15) is 0 Å². The van der Waals surface area contributed by atoms with Gasteiger partial charge in [0.15, 0.2) is 0 Å². The first-order valence-corrected chi connectivity index (χ1v) is 9.51. The number of rotatable bonds is 3. The molecule has 0 aromatic heterocycles. The summed E-state index contributed by atoms with van der Waals surface area (Å²) < 4.78 is 0. The van der Waals surface area contributed by atoms with E-state index in [4.69, 9.17) is 0 Å². The van der Waals surface area contributed by atoms with Gasteiger partial charge in [0.05, 0.1) is 0 Å². The largest absolute Gasteiger partial charge is 0.307 e. The molecule has 1 N–H and O–H groups in total. The van der Waals surface area contributed by atoms with Crippen molar-refractivity contribution in [3.63, 3.8) is 0 Å². The molecule has 4 rings (SSSR count). The van der Waals surface area contributed by atoms with Gasteiger partial charge in [-0.15, -0.1) is 11.8 Å². The third-order valence-electron chi connectivity index (χ3n) is 5.33. The molecule has 0 bridgehead atoms. The van der Waals surface area contributed by atoms with E-state index in [0.29, 0.717) is 12.1 Å². The van der Waals surface area contributed by atoms with Gasteiger partial charge in [0.25, 0.3) is 0 Å². The minimum atomic E-state index is 0.555. The lowest BCUT2D eigenvalue weighted by molar-refractivity contribution is 0.176. The predicted molar refractivity (Wildman–Crippen MR) is 89.8 cm³/mol. The predicted octanol–water partition coefficient (Wildman–Crippen LogP) is 3.69. The van der Waals surface area contributed by atoms with Crippen LogP contribution in [0, 0.1) is 5.92 Å². The number of fused-ring (bicyclic) bond motifs is 1. The van der Waals surface area contributed by atoms with Gasteiger partial charge in [-0.05, 0) is 56.3 Å². The van der Waals surface area contributed by atoms with Crippen LogP contribution in [0.4, 0.5) is 0 Å². The van der Waals surface area contributed by atoms with Crippen LogP contribution in [0.2, 0.25) is 0 Å². The number of thioether (sulfide) groups is 1. The summed E-state index contributed by atoms with van der Waals surface area (Å²) in [4.78, 5) is 4.20. The third-order valence-corrected chi connectivity index (χ3v) is 6.71. The average molecular weight is 302 g/mol. The number of piperidine rings is 1. The Morgan fingerprint density at radius 1 is 1.10 bits per heavy atom. The Bertz CT molecular complexity index is 492. The molecule has 2 atom stereocenters. The van der Waals surface area contributed by atoms with E-state index in [1.165, 1.54) is 55.0 Å². The summed E-state index contributed by atoms with van der Waals surface area (Å²) in [5.74, 6) is 1.97. The van der Waals surface area contributed by atoms with Crippen LogP contribution in [0.25, 0.3) is 0 Å². The molecule has 2 fully saturated rings. The monoisotopic (exact) mass is 302 g/mol. The van der Waals surface area contributed by atoms with Crippen LogP contribution in [-0.4, -0.2) is 35.8 Å². The van der Waals surface area contributed by atoms with Gasteiger partial charge < -0.3 is 10.2 Å². The lowest BCUT2D eigenvalue weighted by Gasteiger charge is -2.38. The van der Waals surface area contributed by atoms with E-state index >= 15 is 0 Å². The van der Waals surface area contributed by atoms with Crippen molar-refractivity contribution < 1.29 is 0 Å². The van der Waals surface area contributed by atoms with Crippen LogP contribution in [0.5, 0.6) is 0 Å². The van der Waals surface area contributed by atoms with Crippen LogP contribution in [0.3, 0.4) is 0 Å². The van der Waals surface area contributed by atoms with E-state index < -0.39 is 0 Å². The summed E-state index contributed by atoms with van der Waals surface area (Å²) in [5, 5.41) is 4.00. The molecule has 0 amide bonds. The molecule has 1 aromatic carbocycles. The van der Waals surface area contributed by atoms with Gasteiger partial charge in [-0.1, -0.05) is 25.1 Å². The summed E-state index contributed by atoms with van der Waals surface area (Å²) in [5.41, 5.74) is 1.53. The number of nitrogens with one attached hydrogen (secondary N) is 1. The van der Waals surface area contributed by atoms with Crippen molar-refractivity contribution in [2.75, 3.05) is 18.8 Å². The first-order chi connectivity index (χ1) is 10.3. The molecule has 3 aliphatic rings. The van der Waals surface area contributed by atoms with Crippen molar-refractivity contribution in [3.8, 4) is 0 Å². The first-order valence-electron chi connectivity index (χ1n) is 8.53. The molecule has 3 heteroatoms. The number of benzene rings is 1. The molecule has 21 heavy (non-hydrogen) atoms. The van der Waals surface area contributed by atoms with Crippen molar-refractivity contribution >= 4 is 11.8 Å². The van der Waals surface area contributed by atoms with Gasteiger partial charge in [-0.25, -0.2) is 0 Å². The summed E-state index contributed by atoms with van der Waals surface area (Å²) in [6, 6.07) is 11.2. The Hall–Kier alpha value is -0.510. The topological polar surface area (TPSA) is 15.3 Å². The minimum absolute atomic E-state index is 0.555. The molecule has 1 saturated heterocycles. The zero-order valence-electron chi connectivity index (χ0n) is 12.9. The quantitative estimate of drug-likeness (QED) is 0.917. The van der Waals surface area contributed by atoms with E-state index in [9.17, 15) is 0 Å². The Kier molecular flexibility index (Phi) is 3.99. The van der Waals surface area contributed by atoms with Gasteiger partial charge in [0, 0.05) is 28.8 Å². The summed E-state index contributed by atoms with van der Waals surface area (Å²) in [6.07, 6.45) is 5.55. The average Bonchev–Trinajstić information content (AvgIpc) is 3.36. The lowest BCUT2D eigenvalue weighted by atomic mass is 9.92. The molecular formula is C18H26N2S. The molecule has 1 aromatic rings. The van der Waals surface area contributed by atoms with Crippen LogP contribution >= 0.6 is 11.8 Å². The zero-order chi connectivity index (χ0) is 14.2. The van der Waals surface area contributed by atoms with Crippen molar-refractivity contribution in [3.05, 3.63) is 29.8 Å². The van der Waals surface area contributed by atoms with Crippen LogP contribution < -0.4 is 5.32 Å². The Morgan fingerprint density at radius 2 is 1.86 bits per heavy atom. The molecule has 2 aliphatic heterocycles. The zero-order valence-corrected chi connectivity index (χ0v) is 13.7. The van der Waals surface area contributed by atoms with Crippen LogP contribution in [-0.2, 0) is 0 Å². The van der Waals surface area contributed by atoms with Gasteiger partial charge >= 0.3 is 0 Å². The number of hydrogen-bond acceptors (Lipinski definition) is 3. The fourth-order valence-corrected chi connectivity index (χ4v) is 5.04. The van der Waals surface area contributed by atoms with E-state index in [2.05, 4.69) is 41.4 Å². The van der Waals surface area contributed by atoms with E-state index in [0.717, 1.165) is 12.0 Å². The Balaban J connectivity index is 1.42. The maximum absolute atomic E-state index is 4.00. The molecule has 114 valence electrons. The number of likely N-dealkylation sites (tertiary alicyclic amines) is 1. The fourth-order valence-electron chi connectivity index (χ4n) is 3.87. The summed E-state index contributed by atoms with van der Waals surface area (Å²) in [6.45, 7) is 5.01. The van der Waals surface area contributed by atoms with Crippen LogP contribution in [0.1, 0.15) is 44.2 Å². The molecule has 0 radical (unpaired) electrons. The van der Waals surface area contributed by atoms with Gasteiger partial charge in [-0.3, -0.25) is 0 Å². The highest BCUT2D eigenvalue weighted by molar-refractivity contribution is 7.99. The second-order valence-corrected chi connectivity index (χ2v) is 8.07. The van der Waals surface area contributed by atoms with Crippen LogP contribution in [0.15, 0.2) is 29.2 Å². The molecule has 0 unspecified atom stereocenters. The number of hydrogen-bond donors (Lipinski definition) is 1. The van der Waals surface area contributed by atoms with Crippen molar-refractivity contribution in [1.29, 1.82) is 0 Å². The molecular weight excluding hydrogens is 276 g/mol. The molecule has 1 aliphatic carbocycles. The summed E-state index contributed by atoms with van der Waals surface area (Å²) in [7, 11) is 0.